The van der Waals surface area contributed by atoms with Crippen molar-refractivity contribution in [2.45, 2.75) is 25.4 Å². The molecule has 1 saturated carbocycles. The summed E-state index contributed by atoms with van der Waals surface area (Å²) in [5.74, 6) is 0.649. The van der Waals surface area contributed by atoms with Crippen molar-refractivity contribution < 1.29 is 0 Å². The van der Waals surface area contributed by atoms with Crippen LogP contribution in [0.5, 0.6) is 0 Å². The predicted octanol–water partition coefficient (Wildman–Crippen LogP) is 2.47. The van der Waals surface area contributed by atoms with Gasteiger partial charge in [0.2, 0.25) is 5.95 Å². The summed E-state index contributed by atoms with van der Waals surface area (Å²) in [6, 6.07) is 12.6. The number of hydrogen-bond acceptors (Lipinski definition) is 4. The maximum atomic E-state index is 4.48. The average Bonchev–Trinajstić information content (AvgIpc) is 3.22. The van der Waals surface area contributed by atoms with Crippen molar-refractivity contribution in [3.8, 4) is 0 Å². The van der Waals surface area contributed by atoms with Crippen LogP contribution in [0.25, 0.3) is 0 Å². The minimum absolute atomic E-state index is 0.649. The Morgan fingerprint density at radius 2 is 1.94 bits per heavy atom. The molecule has 1 fully saturated rings. The van der Waals surface area contributed by atoms with E-state index in [1.807, 2.05) is 36.4 Å². The van der Waals surface area contributed by atoms with Gasteiger partial charge in [-0.05, 0) is 31.0 Å². The Morgan fingerprint density at radius 1 is 1.11 bits per heavy atom. The van der Waals surface area contributed by atoms with Crippen LogP contribution >= 0.6 is 0 Å². The molecule has 1 heterocycles. The molecule has 18 heavy (non-hydrogen) atoms. The molecule has 0 radical (unpaired) electrons. The molecule has 0 amide bonds. The van der Waals surface area contributed by atoms with Crippen molar-refractivity contribution in [3.63, 3.8) is 0 Å². The lowest BCUT2D eigenvalue weighted by Gasteiger charge is -2.06. The normalized spacial score (nSPS) is 14.4. The number of aromatic nitrogens is 2. The fourth-order valence-corrected chi connectivity index (χ4v) is 1.74. The Kier molecular flexibility index (Phi) is 3.19. The Morgan fingerprint density at radius 3 is 2.72 bits per heavy atom. The number of hydrogen-bond donors (Lipinski definition) is 2. The van der Waals surface area contributed by atoms with Crippen LogP contribution in [-0.4, -0.2) is 16.0 Å². The van der Waals surface area contributed by atoms with Gasteiger partial charge in [0.1, 0.15) is 0 Å². The van der Waals surface area contributed by atoms with Crippen LogP contribution in [-0.2, 0) is 6.54 Å². The molecule has 2 N–H and O–H groups in total. The van der Waals surface area contributed by atoms with E-state index in [-0.39, 0.29) is 0 Å². The highest BCUT2D eigenvalue weighted by molar-refractivity contribution is 5.52. The number of nitrogens with one attached hydrogen (secondary N) is 2. The van der Waals surface area contributed by atoms with Gasteiger partial charge in [-0.2, -0.15) is 0 Å². The largest absolute Gasteiger partial charge is 0.324 e. The van der Waals surface area contributed by atoms with E-state index in [9.17, 15) is 0 Å². The highest BCUT2D eigenvalue weighted by Crippen LogP contribution is 2.19. The predicted molar refractivity (Wildman–Crippen MR) is 71.6 cm³/mol. The van der Waals surface area contributed by atoms with E-state index in [2.05, 4.69) is 20.6 Å². The summed E-state index contributed by atoms with van der Waals surface area (Å²) in [5.41, 5.74) is 2.03. The molecule has 4 heteroatoms. The summed E-state index contributed by atoms with van der Waals surface area (Å²) in [4.78, 5) is 8.71. The van der Waals surface area contributed by atoms with E-state index in [1.165, 1.54) is 12.8 Å². The van der Waals surface area contributed by atoms with Crippen molar-refractivity contribution >= 4 is 11.6 Å². The van der Waals surface area contributed by atoms with Gasteiger partial charge in [0.05, 0.1) is 5.69 Å². The van der Waals surface area contributed by atoms with E-state index in [0.717, 1.165) is 17.9 Å². The molecule has 1 aromatic heterocycles. The fourth-order valence-electron chi connectivity index (χ4n) is 1.74. The number of benzene rings is 1. The maximum Gasteiger partial charge on any atom is 0.227 e. The topological polar surface area (TPSA) is 49.8 Å². The van der Waals surface area contributed by atoms with Gasteiger partial charge in [-0.3, -0.25) is 0 Å². The summed E-state index contributed by atoms with van der Waals surface area (Å²) < 4.78 is 0. The molecule has 0 bridgehead atoms. The number of rotatable bonds is 5. The zero-order valence-electron chi connectivity index (χ0n) is 10.1. The van der Waals surface area contributed by atoms with Gasteiger partial charge >= 0.3 is 0 Å². The Balaban J connectivity index is 1.66. The molecule has 0 aliphatic heterocycles. The van der Waals surface area contributed by atoms with Crippen molar-refractivity contribution in [2.24, 2.45) is 0 Å². The average molecular weight is 240 g/mol. The summed E-state index contributed by atoms with van der Waals surface area (Å²) in [7, 11) is 0. The van der Waals surface area contributed by atoms with Gasteiger partial charge in [0, 0.05) is 24.5 Å². The maximum absolute atomic E-state index is 4.48. The van der Waals surface area contributed by atoms with Crippen molar-refractivity contribution in [1.82, 2.24) is 15.3 Å². The van der Waals surface area contributed by atoms with E-state index in [1.54, 1.807) is 6.20 Å². The molecule has 0 saturated heterocycles. The number of para-hydroxylation sites is 1. The summed E-state index contributed by atoms with van der Waals surface area (Å²) in [6.07, 6.45) is 4.38. The van der Waals surface area contributed by atoms with E-state index >= 15 is 0 Å². The standard InChI is InChI=1S/C14H16N4/c1-2-4-12(5-3-1)17-14-15-9-8-13(18-14)10-16-11-6-7-11/h1-5,8-9,11,16H,6-7,10H2,(H,15,17,18). The van der Waals surface area contributed by atoms with E-state index < -0.39 is 0 Å². The van der Waals surface area contributed by atoms with E-state index in [0.29, 0.717) is 12.0 Å². The molecule has 0 atom stereocenters. The van der Waals surface area contributed by atoms with Gasteiger partial charge in [-0.25, -0.2) is 9.97 Å². The molecule has 0 unspecified atom stereocenters. The third kappa shape index (κ3) is 3.05. The van der Waals surface area contributed by atoms with Crippen LogP contribution in [0.15, 0.2) is 42.6 Å². The second-order valence-electron chi connectivity index (χ2n) is 4.52. The van der Waals surface area contributed by atoms with Crippen molar-refractivity contribution in [2.75, 3.05) is 5.32 Å². The monoisotopic (exact) mass is 240 g/mol. The molecule has 2 aromatic rings. The lowest BCUT2D eigenvalue weighted by Crippen LogP contribution is -2.16. The summed E-state index contributed by atoms with van der Waals surface area (Å²) >= 11 is 0. The van der Waals surface area contributed by atoms with Gasteiger partial charge < -0.3 is 10.6 Å². The SMILES string of the molecule is c1ccc(Nc2nccc(CNC3CC3)n2)cc1. The van der Waals surface area contributed by atoms with Crippen LogP contribution in [0, 0.1) is 0 Å². The molecule has 0 spiro atoms. The van der Waals surface area contributed by atoms with Crippen molar-refractivity contribution in [1.29, 1.82) is 0 Å². The van der Waals surface area contributed by atoms with Crippen molar-refractivity contribution in [3.05, 3.63) is 48.3 Å². The minimum atomic E-state index is 0.649. The van der Waals surface area contributed by atoms with E-state index in [4.69, 9.17) is 0 Å². The van der Waals surface area contributed by atoms with Crippen LogP contribution in [0.1, 0.15) is 18.5 Å². The molecular formula is C14H16N4. The Hall–Kier alpha value is -1.94. The molecule has 1 aliphatic rings. The van der Waals surface area contributed by atoms with Gasteiger partial charge in [0.25, 0.3) is 0 Å². The highest BCUT2D eigenvalue weighted by Gasteiger charge is 2.20. The molecule has 3 rings (SSSR count). The molecule has 92 valence electrons. The zero-order chi connectivity index (χ0) is 12.2. The first-order chi connectivity index (χ1) is 8.90. The molecule has 1 aromatic carbocycles. The fraction of sp³-hybridized carbons (Fsp3) is 0.286. The van der Waals surface area contributed by atoms with Crippen LogP contribution in [0.2, 0.25) is 0 Å². The first-order valence-electron chi connectivity index (χ1n) is 6.27. The smallest absolute Gasteiger partial charge is 0.227 e. The quantitative estimate of drug-likeness (QED) is 0.843. The molecular weight excluding hydrogens is 224 g/mol. The third-order valence-electron chi connectivity index (χ3n) is 2.89. The second kappa shape index (κ2) is 5.14. The zero-order valence-corrected chi connectivity index (χ0v) is 10.1. The van der Waals surface area contributed by atoms with Gasteiger partial charge in [-0.1, -0.05) is 18.2 Å². The number of nitrogens with zero attached hydrogens (tertiary/aromatic N) is 2. The lowest BCUT2D eigenvalue weighted by molar-refractivity contribution is 0.673. The van der Waals surface area contributed by atoms with Gasteiger partial charge in [-0.15, -0.1) is 0 Å². The minimum Gasteiger partial charge on any atom is -0.324 e. The Bertz CT molecular complexity index is 508. The first kappa shape index (κ1) is 11.2. The highest BCUT2D eigenvalue weighted by atomic mass is 15.1. The first-order valence-corrected chi connectivity index (χ1v) is 6.27. The third-order valence-corrected chi connectivity index (χ3v) is 2.89. The molecule has 1 aliphatic carbocycles. The number of anilines is 2. The van der Waals surface area contributed by atoms with Crippen LogP contribution < -0.4 is 10.6 Å². The summed E-state index contributed by atoms with van der Waals surface area (Å²) in [6.45, 7) is 0.816. The van der Waals surface area contributed by atoms with Crippen LogP contribution in [0.4, 0.5) is 11.6 Å². The van der Waals surface area contributed by atoms with Crippen LogP contribution in [0.3, 0.4) is 0 Å². The Labute approximate surface area is 106 Å². The molecule has 4 nitrogen and oxygen atoms in total. The lowest BCUT2D eigenvalue weighted by atomic mass is 10.3. The van der Waals surface area contributed by atoms with Gasteiger partial charge in [0.15, 0.2) is 0 Å². The summed E-state index contributed by atoms with van der Waals surface area (Å²) in [5, 5.41) is 6.64. The second-order valence-corrected chi connectivity index (χ2v) is 4.52.